The van der Waals surface area contributed by atoms with Crippen LogP contribution in [-0.2, 0) is 4.79 Å². The summed E-state index contributed by atoms with van der Waals surface area (Å²) in [6.45, 7) is 3.92. The number of fused-ring (bicyclic) bond motifs is 3. The zero-order valence-corrected chi connectivity index (χ0v) is 14.4. The van der Waals surface area contributed by atoms with Crippen molar-refractivity contribution >= 4 is 28.0 Å². The largest absolute Gasteiger partial charge is 0.476 e. The number of amides is 1. The summed E-state index contributed by atoms with van der Waals surface area (Å²) in [6, 6.07) is 15.2. The Morgan fingerprint density at radius 2 is 1.81 bits per heavy atom. The quantitative estimate of drug-likeness (QED) is 0.612. The van der Waals surface area contributed by atoms with E-state index in [-0.39, 0.29) is 5.91 Å². The van der Waals surface area contributed by atoms with Crippen molar-refractivity contribution in [2.45, 2.75) is 13.8 Å². The third-order valence-corrected chi connectivity index (χ3v) is 3.97. The smallest absolute Gasteiger partial charge is 0.239 e. The second kappa shape index (κ2) is 6.44. The number of ether oxygens (including phenoxy) is 1. The minimum atomic E-state index is -0.111. The van der Waals surface area contributed by atoms with Crippen LogP contribution in [0.1, 0.15) is 13.8 Å². The minimum Gasteiger partial charge on any atom is -0.476 e. The van der Waals surface area contributed by atoms with E-state index in [4.69, 9.17) is 4.74 Å². The molecular weight excluding hydrogens is 330 g/mol. The molecule has 7 heteroatoms. The first-order chi connectivity index (χ1) is 12.7. The van der Waals surface area contributed by atoms with Crippen molar-refractivity contribution in [3.8, 4) is 17.3 Å². The maximum atomic E-state index is 11.2. The third-order valence-electron chi connectivity index (χ3n) is 3.97. The molecular formula is C19H17N5O2. The van der Waals surface area contributed by atoms with Crippen LogP contribution in [0.5, 0.6) is 5.88 Å². The lowest BCUT2D eigenvalue weighted by molar-refractivity contribution is -0.114. The molecule has 0 aliphatic carbocycles. The second-order valence-electron chi connectivity index (χ2n) is 5.80. The molecule has 0 aliphatic rings. The summed E-state index contributed by atoms with van der Waals surface area (Å²) in [5, 5.41) is 17.8. The molecule has 0 aliphatic heterocycles. The maximum absolute atomic E-state index is 11.2. The number of benzene rings is 2. The molecule has 1 amide bonds. The summed E-state index contributed by atoms with van der Waals surface area (Å²) >= 11 is 0. The van der Waals surface area contributed by atoms with E-state index in [9.17, 15) is 4.79 Å². The highest BCUT2D eigenvalue weighted by atomic mass is 16.5. The van der Waals surface area contributed by atoms with Gasteiger partial charge in [0.25, 0.3) is 0 Å². The van der Waals surface area contributed by atoms with Gasteiger partial charge in [-0.25, -0.2) is 0 Å². The van der Waals surface area contributed by atoms with Gasteiger partial charge in [0.1, 0.15) is 0 Å². The topological polar surface area (TPSA) is 81.4 Å². The summed E-state index contributed by atoms with van der Waals surface area (Å²) in [5.74, 6) is 1.05. The van der Waals surface area contributed by atoms with Crippen LogP contribution in [-0.4, -0.2) is 32.3 Å². The Bertz CT molecular complexity index is 1100. The Morgan fingerprint density at radius 3 is 2.50 bits per heavy atom. The summed E-state index contributed by atoms with van der Waals surface area (Å²) in [6.07, 6.45) is 0. The Kier molecular flexibility index (Phi) is 3.96. The number of carbonyl (C=O) groups is 1. The fourth-order valence-electron chi connectivity index (χ4n) is 2.88. The first-order valence-corrected chi connectivity index (χ1v) is 8.32. The molecule has 4 aromatic rings. The monoisotopic (exact) mass is 347 g/mol. The van der Waals surface area contributed by atoms with Crippen molar-refractivity contribution < 1.29 is 9.53 Å². The first kappa shape index (κ1) is 16.0. The Hall–Kier alpha value is -3.48. The van der Waals surface area contributed by atoms with Gasteiger partial charge in [0.15, 0.2) is 11.5 Å². The molecule has 2 aromatic heterocycles. The first-order valence-electron chi connectivity index (χ1n) is 8.32. The van der Waals surface area contributed by atoms with Gasteiger partial charge in [0.2, 0.25) is 11.8 Å². The highest BCUT2D eigenvalue weighted by Crippen LogP contribution is 2.29. The molecule has 7 nitrogen and oxygen atoms in total. The average molecular weight is 347 g/mol. The van der Waals surface area contributed by atoms with E-state index in [0.717, 1.165) is 22.0 Å². The number of carbonyl (C=O) groups excluding carboxylic acids is 1. The Balaban J connectivity index is 1.87. The van der Waals surface area contributed by atoms with Gasteiger partial charge in [-0.05, 0) is 37.3 Å². The molecule has 0 unspecified atom stereocenters. The Labute approximate surface area is 149 Å². The van der Waals surface area contributed by atoms with Crippen LogP contribution in [0.15, 0.2) is 48.5 Å². The lowest BCUT2D eigenvalue weighted by Gasteiger charge is -2.08. The number of rotatable bonds is 4. The van der Waals surface area contributed by atoms with Crippen molar-refractivity contribution in [2.75, 3.05) is 11.9 Å². The van der Waals surface area contributed by atoms with Crippen molar-refractivity contribution in [3.05, 3.63) is 48.5 Å². The fourth-order valence-corrected chi connectivity index (χ4v) is 2.88. The fraction of sp³-hybridized carbons (Fsp3) is 0.158. The van der Waals surface area contributed by atoms with Crippen LogP contribution >= 0.6 is 0 Å². The van der Waals surface area contributed by atoms with E-state index in [1.807, 2.05) is 55.5 Å². The average Bonchev–Trinajstić information content (AvgIpc) is 3.06. The standard InChI is InChI=1S/C19H17N5O2/c1-3-26-19-16-7-5-4-6-15(16)18-22-21-17(24(18)23-19)13-8-10-14(11-9-13)20-12(2)25/h4-11H,3H2,1-2H3,(H,20,25). The summed E-state index contributed by atoms with van der Waals surface area (Å²) in [4.78, 5) is 11.2. The van der Waals surface area contributed by atoms with E-state index < -0.39 is 0 Å². The third kappa shape index (κ3) is 2.73. The van der Waals surface area contributed by atoms with Crippen molar-refractivity contribution in [1.82, 2.24) is 19.8 Å². The lowest BCUT2D eigenvalue weighted by Crippen LogP contribution is -2.05. The van der Waals surface area contributed by atoms with Crippen LogP contribution in [0, 0.1) is 0 Å². The van der Waals surface area contributed by atoms with Gasteiger partial charge < -0.3 is 10.1 Å². The molecule has 0 bridgehead atoms. The highest BCUT2D eigenvalue weighted by Gasteiger charge is 2.15. The maximum Gasteiger partial charge on any atom is 0.239 e. The van der Waals surface area contributed by atoms with Crippen molar-refractivity contribution in [3.63, 3.8) is 0 Å². The second-order valence-corrected chi connectivity index (χ2v) is 5.80. The number of aromatic nitrogens is 4. The molecule has 0 radical (unpaired) electrons. The predicted octanol–water partition coefficient (Wildman–Crippen LogP) is 3.30. The van der Waals surface area contributed by atoms with Gasteiger partial charge in [0.05, 0.1) is 6.61 Å². The summed E-state index contributed by atoms with van der Waals surface area (Å²) in [5.41, 5.74) is 2.24. The van der Waals surface area contributed by atoms with Gasteiger partial charge in [-0.1, -0.05) is 18.2 Å². The molecule has 0 spiro atoms. The number of hydrogen-bond acceptors (Lipinski definition) is 5. The SMILES string of the molecule is CCOc1nn2c(-c3ccc(NC(C)=O)cc3)nnc2c2ccccc12. The zero-order valence-electron chi connectivity index (χ0n) is 14.4. The van der Waals surface area contributed by atoms with E-state index in [1.54, 1.807) is 4.52 Å². The molecule has 0 atom stereocenters. The van der Waals surface area contributed by atoms with Gasteiger partial charge in [-0.15, -0.1) is 15.3 Å². The van der Waals surface area contributed by atoms with E-state index in [0.29, 0.717) is 24.0 Å². The molecule has 4 rings (SSSR count). The van der Waals surface area contributed by atoms with Crippen LogP contribution in [0.4, 0.5) is 5.69 Å². The summed E-state index contributed by atoms with van der Waals surface area (Å²) in [7, 11) is 0. The van der Waals surface area contributed by atoms with Crippen molar-refractivity contribution in [1.29, 1.82) is 0 Å². The normalized spacial score (nSPS) is 11.0. The zero-order chi connectivity index (χ0) is 18.1. The van der Waals surface area contributed by atoms with Gasteiger partial charge in [-0.3, -0.25) is 4.79 Å². The highest BCUT2D eigenvalue weighted by molar-refractivity contribution is 5.97. The van der Waals surface area contributed by atoms with Crippen LogP contribution in [0.25, 0.3) is 27.8 Å². The molecule has 0 fully saturated rings. The number of hydrogen-bond donors (Lipinski definition) is 1. The number of anilines is 1. The molecule has 2 aromatic carbocycles. The van der Waals surface area contributed by atoms with Crippen molar-refractivity contribution in [2.24, 2.45) is 0 Å². The molecule has 1 N–H and O–H groups in total. The molecule has 26 heavy (non-hydrogen) atoms. The Morgan fingerprint density at radius 1 is 1.08 bits per heavy atom. The van der Waals surface area contributed by atoms with Gasteiger partial charge >= 0.3 is 0 Å². The number of nitrogens with zero attached hydrogens (tertiary/aromatic N) is 4. The summed E-state index contributed by atoms with van der Waals surface area (Å²) < 4.78 is 7.41. The van der Waals surface area contributed by atoms with E-state index in [1.165, 1.54) is 6.92 Å². The van der Waals surface area contributed by atoms with E-state index in [2.05, 4.69) is 20.6 Å². The minimum absolute atomic E-state index is 0.111. The molecule has 130 valence electrons. The molecule has 2 heterocycles. The number of nitrogens with one attached hydrogen (secondary N) is 1. The molecule has 0 saturated carbocycles. The lowest BCUT2D eigenvalue weighted by atomic mass is 10.2. The van der Waals surface area contributed by atoms with Gasteiger partial charge in [-0.2, -0.15) is 4.52 Å². The van der Waals surface area contributed by atoms with Crippen LogP contribution in [0.3, 0.4) is 0 Å². The van der Waals surface area contributed by atoms with Gasteiger partial charge in [0, 0.05) is 28.9 Å². The van der Waals surface area contributed by atoms with Crippen LogP contribution in [0.2, 0.25) is 0 Å². The van der Waals surface area contributed by atoms with E-state index >= 15 is 0 Å². The van der Waals surface area contributed by atoms with Crippen LogP contribution < -0.4 is 10.1 Å². The molecule has 0 saturated heterocycles. The predicted molar refractivity (Wildman–Crippen MR) is 99.2 cm³/mol.